The maximum atomic E-state index is 4.70. The Bertz CT molecular complexity index is 559. The summed E-state index contributed by atoms with van der Waals surface area (Å²) in [4.78, 5) is 9.26. The van der Waals surface area contributed by atoms with Crippen LogP contribution >= 0.6 is 0 Å². The lowest BCUT2D eigenvalue weighted by atomic mass is 10.1. The Morgan fingerprint density at radius 1 is 1.10 bits per heavy atom. The molecule has 0 amide bonds. The molecule has 0 saturated carbocycles. The van der Waals surface area contributed by atoms with E-state index >= 15 is 0 Å². The van der Waals surface area contributed by atoms with Crippen LogP contribution in [0.15, 0.2) is 30.3 Å². The van der Waals surface area contributed by atoms with E-state index in [2.05, 4.69) is 55.3 Å². The third-order valence-corrected chi connectivity index (χ3v) is 3.27. The summed E-state index contributed by atoms with van der Waals surface area (Å²) in [6, 6.07) is 10.5. The minimum atomic E-state index is 0.588. The van der Waals surface area contributed by atoms with Gasteiger partial charge in [-0.2, -0.15) is 0 Å². The van der Waals surface area contributed by atoms with Crippen molar-refractivity contribution in [2.75, 3.05) is 12.4 Å². The van der Waals surface area contributed by atoms with Gasteiger partial charge in [0, 0.05) is 24.4 Å². The predicted octanol–water partition coefficient (Wildman–Crippen LogP) is 3.95. The van der Waals surface area contributed by atoms with E-state index in [-0.39, 0.29) is 0 Å². The van der Waals surface area contributed by atoms with Crippen LogP contribution in [-0.4, -0.2) is 17.0 Å². The SMILES string of the molecule is CCc1ccc(-c2nc(CC(C)C)cc(NC)n2)cc1. The Labute approximate surface area is 121 Å². The first-order valence-electron chi connectivity index (χ1n) is 7.27. The molecule has 0 aliphatic heterocycles. The Hall–Kier alpha value is -1.90. The van der Waals surface area contributed by atoms with Gasteiger partial charge in [-0.15, -0.1) is 0 Å². The van der Waals surface area contributed by atoms with Crippen molar-refractivity contribution in [1.29, 1.82) is 0 Å². The standard InChI is InChI=1S/C17H23N3/c1-5-13-6-8-14(9-7-13)17-19-15(10-12(2)3)11-16(18-4)20-17/h6-9,11-12H,5,10H2,1-4H3,(H,18,19,20). The highest BCUT2D eigenvalue weighted by Gasteiger charge is 2.08. The summed E-state index contributed by atoms with van der Waals surface area (Å²) < 4.78 is 0. The summed E-state index contributed by atoms with van der Waals surface area (Å²) in [5, 5.41) is 3.12. The summed E-state index contributed by atoms with van der Waals surface area (Å²) in [7, 11) is 1.89. The molecule has 1 aromatic carbocycles. The number of nitrogens with zero attached hydrogens (tertiary/aromatic N) is 2. The van der Waals surface area contributed by atoms with Gasteiger partial charge in [-0.05, 0) is 24.3 Å². The Balaban J connectivity index is 2.38. The summed E-state index contributed by atoms with van der Waals surface area (Å²) in [5.41, 5.74) is 3.50. The van der Waals surface area contributed by atoms with Crippen LogP contribution < -0.4 is 5.32 Å². The zero-order valence-electron chi connectivity index (χ0n) is 12.8. The molecule has 20 heavy (non-hydrogen) atoms. The predicted molar refractivity (Wildman–Crippen MR) is 84.9 cm³/mol. The quantitative estimate of drug-likeness (QED) is 0.893. The molecule has 2 rings (SSSR count). The number of rotatable bonds is 5. The van der Waals surface area contributed by atoms with Crippen LogP contribution in [0, 0.1) is 5.92 Å². The Morgan fingerprint density at radius 3 is 2.35 bits per heavy atom. The first-order valence-corrected chi connectivity index (χ1v) is 7.27. The molecule has 0 spiro atoms. The molecular formula is C17H23N3. The molecule has 0 radical (unpaired) electrons. The van der Waals surface area contributed by atoms with E-state index in [0.29, 0.717) is 5.92 Å². The first kappa shape index (κ1) is 14.5. The lowest BCUT2D eigenvalue weighted by Gasteiger charge is -2.10. The first-order chi connectivity index (χ1) is 9.62. The molecule has 0 aliphatic carbocycles. The van der Waals surface area contributed by atoms with E-state index in [1.54, 1.807) is 0 Å². The van der Waals surface area contributed by atoms with E-state index in [1.165, 1.54) is 5.56 Å². The molecule has 1 heterocycles. The average Bonchev–Trinajstić information content (AvgIpc) is 2.46. The molecule has 1 N–H and O–H groups in total. The molecule has 3 nitrogen and oxygen atoms in total. The second-order valence-electron chi connectivity index (χ2n) is 5.47. The van der Waals surface area contributed by atoms with Crippen molar-refractivity contribution in [3.8, 4) is 11.4 Å². The molecular weight excluding hydrogens is 246 g/mol. The number of benzene rings is 1. The van der Waals surface area contributed by atoms with Crippen molar-refractivity contribution >= 4 is 5.82 Å². The van der Waals surface area contributed by atoms with Crippen molar-refractivity contribution < 1.29 is 0 Å². The minimum absolute atomic E-state index is 0.588. The van der Waals surface area contributed by atoms with E-state index in [0.717, 1.165) is 35.7 Å². The van der Waals surface area contributed by atoms with E-state index in [9.17, 15) is 0 Å². The molecule has 0 fully saturated rings. The van der Waals surface area contributed by atoms with Crippen LogP contribution in [0.25, 0.3) is 11.4 Å². The average molecular weight is 269 g/mol. The maximum absolute atomic E-state index is 4.70. The zero-order valence-corrected chi connectivity index (χ0v) is 12.8. The fourth-order valence-electron chi connectivity index (χ4n) is 2.17. The minimum Gasteiger partial charge on any atom is -0.373 e. The summed E-state index contributed by atoms with van der Waals surface area (Å²) in [6.07, 6.45) is 2.02. The highest BCUT2D eigenvalue weighted by Crippen LogP contribution is 2.20. The normalized spacial score (nSPS) is 10.8. The van der Waals surface area contributed by atoms with Crippen LogP contribution in [0.2, 0.25) is 0 Å². The van der Waals surface area contributed by atoms with E-state index < -0.39 is 0 Å². The van der Waals surface area contributed by atoms with Crippen molar-refractivity contribution in [1.82, 2.24) is 9.97 Å². The third kappa shape index (κ3) is 3.56. The Morgan fingerprint density at radius 2 is 1.80 bits per heavy atom. The van der Waals surface area contributed by atoms with Crippen LogP contribution in [0.1, 0.15) is 32.0 Å². The lowest BCUT2D eigenvalue weighted by Crippen LogP contribution is -2.03. The van der Waals surface area contributed by atoms with Gasteiger partial charge in [0.25, 0.3) is 0 Å². The highest BCUT2D eigenvalue weighted by molar-refractivity contribution is 5.58. The number of aryl methyl sites for hydroxylation is 1. The highest BCUT2D eigenvalue weighted by atomic mass is 15.0. The van der Waals surface area contributed by atoms with E-state index in [4.69, 9.17) is 4.98 Å². The van der Waals surface area contributed by atoms with Gasteiger partial charge in [0.15, 0.2) is 5.82 Å². The van der Waals surface area contributed by atoms with Gasteiger partial charge in [0.05, 0.1) is 0 Å². The molecule has 3 heteroatoms. The number of hydrogen-bond donors (Lipinski definition) is 1. The second kappa shape index (κ2) is 6.51. The molecule has 106 valence electrons. The summed E-state index contributed by atoms with van der Waals surface area (Å²) >= 11 is 0. The monoisotopic (exact) mass is 269 g/mol. The number of nitrogens with one attached hydrogen (secondary N) is 1. The molecule has 0 saturated heterocycles. The van der Waals surface area contributed by atoms with Gasteiger partial charge < -0.3 is 5.32 Å². The summed E-state index contributed by atoms with van der Waals surface area (Å²) in [5.74, 6) is 2.27. The maximum Gasteiger partial charge on any atom is 0.161 e. The number of anilines is 1. The fraction of sp³-hybridized carbons (Fsp3) is 0.412. The van der Waals surface area contributed by atoms with Gasteiger partial charge in [-0.1, -0.05) is 45.0 Å². The zero-order chi connectivity index (χ0) is 14.5. The molecule has 2 aromatic rings. The lowest BCUT2D eigenvalue weighted by molar-refractivity contribution is 0.635. The largest absolute Gasteiger partial charge is 0.373 e. The van der Waals surface area contributed by atoms with Crippen LogP contribution in [-0.2, 0) is 12.8 Å². The summed E-state index contributed by atoms with van der Waals surface area (Å²) in [6.45, 7) is 6.57. The van der Waals surface area contributed by atoms with Crippen molar-refractivity contribution in [3.63, 3.8) is 0 Å². The van der Waals surface area contributed by atoms with Gasteiger partial charge >= 0.3 is 0 Å². The molecule has 0 bridgehead atoms. The van der Waals surface area contributed by atoms with Crippen molar-refractivity contribution in [2.24, 2.45) is 5.92 Å². The second-order valence-corrected chi connectivity index (χ2v) is 5.47. The van der Waals surface area contributed by atoms with Gasteiger partial charge in [0.1, 0.15) is 5.82 Å². The number of aromatic nitrogens is 2. The van der Waals surface area contributed by atoms with Gasteiger partial charge in [-0.25, -0.2) is 9.97 Å². The van der Waals surface area contributed by atoms with Crippen molar-refractivity contribution in [3.05, 3.63) is 41.6 Å². The molecule has 0 unspecified atom stereocenters. The smallest absolute Gasteiger partial charge is 0.161 e. The molecule has 0 aliphatic rings. The molecule has 1 aromatic heterocycles. The van der Waals surface area contributed by atoms with Crippen LogP contribution in [0.5, 0.6) is 0 Å². The van der Waals surface area contributed by atoms with E-state index in [1.807, 2.05) is 13.1 Å². The Kier molecular flexibility index (Phi) is 4.72. The van der Waals surface area contributed by atoms with Gasteiger partial charge in [-0.3, -0.25) is 0 Å². The molecule has 0 atom stereocenters. The van der Waals surface area contributed by atoms with Crippen LogP contribution in [0.3, 0.4) is 0 Å². The topological polar surface area (TPSA) is 37.8 Å². The van der Waals surface area contributed by atoms with Gasteiger partial charge in [0.2, 0.25) is 0 Å². The third-order valence-electron chi connectivity index (χ3n) is 3.27. The van der Waals surface area contributed by atoms with Crippen LogP contribution in [0.4, 0.5) is 5.82 Å². The number of hydrogen-bond acceptors (Lipinski definition) is 3. The fourth-order valence-corrected chi connectivity index (χ4v) is 2.17. The van der Waals surface area contributed by atoms with Crippen molar-refractivity contribution in [2.45, 2.75) is 33.6 Å².